The molecule has 0 saturated carbocycles. The number of carbonyl (C=O) groups excluding carboxylic acids is 1. The molecule has 1 N–H and O–H groups in total. The van der Waals surface area contributed by atoms with Gasteiger partial charge in [0.15, 0.2) is 11.2 Å². The number of anilines is 1. The third kappa shape index (κ3) is 3.49. The Bertz CT molecular complexity index is 1360. The minimum Gasteiger partial charge on any atom is -0.444 e. The summed E-state index contributed by atoms with van der Waals surface area (Å²) in [5.41, 5.74) is 2.73. The van der Waals surface area contributed by atoms with Crippen molar-refractivity contribution < 1.29 is 13.9 Å². The highest BCUT2D eigenvalue weighted by Gasteiger charge is 2.31. The number of cyclic esters (lactones) is 1. The molecule has 2 aromatic heterocycles. The molecule has 5 rings (SSSR count). The largest absolute Gasteiger partial charge is 0.444 e. The number of aromatic nitrogens is 5. The average molecular weight is 434 g/mol. The lowest BCUT2D eigenvalue weighted by atomic mass is 10.0. The third-order valence-corrected chi connectivity index (χ3v) is 5.50. The van der Waals surface area contributed by atoms with Gasteiger partial charge in [-0.3, -0.25) is 9.69 Å². The van der Waals surface area contributed by atoms with Crippen molar-refractivity contribution in [2.45, 2.75) is 26.0 Å². The molecule has 0 bridgehead atoms. The van der Waals surface area contributed by atoms with E-state index in [1.54, 1.807) is 12.1 Å². The number of hydrogen-bond donors (Lipinski definition) is 1. The zero-order valence-electron chi connectivity index (χ0n) is 17.2. The number of amides is 1. The number of H-pyrrole nitrogens is 1. The van der Waals surface area contributed by atoms with Crippen LogP contribution in [0.4, 0.5) is 14.9 Å². The van der Waals surface area contributed by atoms with E-state index < -0.39 is 11.9 Å². The molecule has 4 aromatic rings. The number of benzene rings is 2. The summed E-state index contributed by atoms with van der Waals surface area (Å²) in [5.74, 6) is -0.423. The highest BCUT2D eigenvalue weighted by atomic mass is 19.1. The molecular weight excluding hydrogens is 415 g/mol. The smallest absolute Gasteiger partial charge is 0.414 e. The second-order valence-electron chi connectivity index (χ2n) is 7.54. The highest BCUT2D eigenvalue weighted by molar-refractivity contribution is 5.90. The van der Waals surface area contributed by atoms with Crippen molar-refractivity contribution in [3.05, 3.63) is 70.5 Å². The SMILES string of the molecule is CC[C@H]1CN(c2ccc(-c3ccc(Cn4nnc5c(=O)[nH]cnc54)cc3)c(F)c2)C(=O)O1. The Balaban J connectivity index is 1.36. The lowest BCUT2D eigenvalue weighted by Gasteiger charge is -2.14. The monoisotopic (exact) mass is 434 g/mol. The predicted molar refractivity (Wildman–Crippen MR) is 115 cm³/mol. The molecule has 1 amide bonds. The zero-order chi connectivity index (χ0) is 22.2. The quantitative estimate of drug-likeness (QED) is 0.517. The first-order valence-corrected chi connectivity index (χ1v) is 10.2. The van der Waals surface area contributed by atoms with Gasteiger partial charge in [0.25, 0.3) is 5.56 Å². The summed E-state index contributed by atoms with van der Waals surface area (Å²) in [6, 6.07) is 12.1. The fraction of sp³-hybridized carbons (Fsp3) is 0.227. The van der Waals surface area contributed by atoms with Gasteiger partial charge in [-0.2, -0.15) is 0 Å². The number of fused-ring (bicyclic) bond motifs is 1. The van der Waals surface area contributed by atoms with E-state index in [4.69, 9.17) is 4.74 Å². The maximum atomic E-state index is 14.9. The molecule has 162 valence electrons. The number of ether oxygens (including phenoxy) is 1. The first-order chi connectivity index (χ1) is 15.5. The van der Waals surface area contributed by atoms with Gasteiger partial charge in [0.1, 0.15) is 11.9 Å². The number of carbonyl (C=O) groups is 1. The van der Waals surface area contributed by atoms with Crippen LogP contribution in [0, 0.1) is 5.82 Å². The molecule has 1 fully saturated rings. The van der Waals surface area contributed by atoms with E-state index in [1.165, 1.54) is 22.0 Å². The van der Waals surface area contributed by atoms with E-state index in [1.807, 2.05) is 31.2 Å². The molecule has 1 saturated heterocycles. The molecule has 3 heterocycles. The maximum absolute atomic E-state index is 14.9. The summed E-state index contributed by atoms with van der Waals surface area (Å²) in [4.78, 5) is 31.8. The lowest BCUT2D eigenvalue weighted by molar-refractivity contribution is 0.139. The van der Waals surface area contributed by atoms with Crippen molar-refractivity contribution in [1.82, 2.24) is 25.0 Å². The van der Waals surface area contributed by atoms with Crippen molar-refractivity contribution in [2.75, 3.05) is 11.4 Å². The molecule has 1 atom stereocenters. The predicted octanol–water partition coefficient (Wildman–Crippen LogP) is 3.10. The van der Waals surface area contributed by atoms with E-state index in [0.29, 0.717) is 42.0 Å². The van der Waals surface area contributed by atoms with Gasteiger partial charge in [-0.05, 0) is 35.7 Å². The van der Waals surface area contributed by atoms with Crippen molar-refractivity contribution >= 4 is 22.9 Å². The molecule has 1 aliphatic rings. The van der Waals surface area contributed by atoms with Gasteiger partial charge in [0, 0.05) is 5.56 Å². The second kappa shape index (κ2) is 7.88. The van der Waals surface area contributed by atoms with Gasteiger partial charge in [0.2, 0.25) is 0 Å². The second-order valence-corrected chi connectivity index (χ2v) is 7.54. The number of hydrogen-bond acceptors (Lipinski definition) is 6. The van der Waals surface area contributed by atoms with E-state index >= 15 is 0 Å². The van der Waals surface area contributed by atoms with Crippen molar-refractivity contribution in [2.24, 2.45) is 0 Å². The van der Waals surface area contributed by atoms with Gasteiger partial charge in [0.05, 0.1) is 25.1 Å². The minimum absolute atomic E-state index is 0.173. The van der Waals surface area contributed by atoms with Crippen LogP contribution in [0.2, 0.25) is 0 Å². The number of rotatable bonds is 5. The van der Waals surface area contributed by atoms with E-state index in [2.05, 4.69) is 20.3 Å². The molecule has 0 aliphatic carbocycles. The maximum Gasteiger partial charge on any atom is 0.414 e. The van der Waals surface area contributed by atoms with E-state index in [-0.39, 0.29) is 17.2 Å². The highest BCUT2D eigenvalue weighted by Crippen LogP contribution is 2.29. The Morgan fingerprint density at radius 2 is 2.00 bits per heavy atom. The summed E-state index contributed by atoms with van der Waals surface area (Å²) < 4.78 is 21.7. The first kappa shape index (κ1) is 19.9. The third-order valence-electron chi connectivity index (χ3n) is 5.50. The molecule has 0 unspecified atom stereocenters. The van der Waals surface area contributed by atoms with Crippen LogP contribution in [0.3, 0.4) is 0 Å². The Labute approximate surface area is 181 Å². The Morgan fingerprint density at radius 3 is 2.72 bits per heavy atom. The Hall–Kier alpha value is -4.08. The van der Waals surface area contributed by atoms with Crippen molar-refractivity contribution in [1.29, 1.82) is 0 Å². The molecule has 32 heavy (non-hydrogen) atoms. The van der Waals surface area contributed by atoms with Gasteiger partial charge in [-0.15, -0.1) is 5.10 Å². The summed E-state index contributed by atoms with van der Waals surface area (Å²) in [7, 11) is 0. The van der Waals surface area contributed by atoms with E-state index in [9.17, 15) is 14.0 Å². The summed E-state index contributed by atoms with van der Waals surface area (Å²) in [6.07, 6.45) is 1.40. The summed E-state index contributed by atoms with van der Waals surface area (Å²) >= 11 is 0. The Morgan fingerprint density at radius 1 is 1.19 bits per heavy atom. The van der Waals surface area contributed by atoms with Crippen LogP contribution in [-0.4, -0.2) is 43.7 Å². The number of aromatic amines is 1. The number of halogens is 1. The lowest BCUT2D eigenvalue weighted by Crippen LogP contribution is -2.24. The van der Waals surface area contributed by atoms with Crippen LogP contribution < -0.4 is 10.5 Å². The zero-order valence-corrected chi connectivity index (χ0v) is 17.2. The van der Waals surface area contributed by atoms with Gasteiger partial charge >= 0.3 is 6.09 Å². The topological polar surface area (TPSA) is 106 Å². The Kier molecular flexibility index (Phi) is 4.89. The normalized spacial score (nSPS) is 16.0. The van der Waals surface area contributed by atoms with Crippen LogP contribution in [0.1, 0.15) is 18.9 Å². The van der Waals surface area contributed by atoms with Crippen LogP contribution >= 0.6 is 0 Å². The number of nitrogens with one attached hydrogen (secondary N) is 1. The van der Waals surface area contributed by atoms with Gasteiger partial charge in [-0.25, -0.2) is 18.9 Å². The molecular formula is C22H19FN6O3. The molecule has 10 heteroatoms. The molecule has 0 spiro atoms. The minimum atomic E-state index is -0.453. The molecule has 0 radical (unpaired) electrons. The van der Waals surface area contributed by atoms with Crippen LogP contribution in [-0.2, 0) is 11.3 Å². The number of nitrogens with zero attached hydrogens (tertiary/aromatic N) is 5. The molecule has 9 nitrogen and oxygen atoms in total. The van der Waals surface area contributed by atoms with E-state index in [0.717, 1.165) is 5.56 Å². The van der Waals surface area contributed by atoms with Crippen LogP contribution in [0.25, 0.3) is 22.3 Å². The standard InChI is InChI=1S/C22H19FN6O3/c1-2-16-11-28(22(31)32-16)15-7-8-17(18(23)9-15)14-5-3-13(4-6-14)10-29-20-19(26-27-29)21(30)25-12-24-20/h3-9,12,16H,2,10-11H2,1H3,(H,24,25,30)/t16-/m0/s1. The summed E-state index contributed by atoms with van der Waals surface area (Å²) in [6.45, 7) is 2.72. The van der Waals surface area contributed by atoms with Crippen molar-refractivity contribution in [3.8, 4) is 11.1 Å². The average Bonchev–Trinajstić information content (AvgIpc) is 3.38. The van der Waals surface area contributed by atoms with Crippen molar-refractivity contribution in [3.63, 3.8) is 0 Å². The molecule has 1 aliphatic heterocycles. The fourth-order valence-corrected chi connectivity index (χ4v) is 3.72. The summed E-state index contributed by atoms with van der Waals surface area (Å²) in [5, 5.41) is 7.86. The first-order valence-electron chi connectivity index (χ1n) is 10.2. The fourth-order valence-electron chi connectivity index (χ4n) is 3.72. The van der Waals surface area contributed by atoms with Crippen LogP contribution in [0.5, 0.6) is 0 Å². The van der Waals surface area contributed by atoms with Gasteiger partial charge in [-0.1, -0.05) is 36.4 Å². The van der Waals surface area contributed by atoms with Crippen LogP contribution in [0.15, 0.2) is 53.6 Å². The van der Waals surface area contributed by atoms with Gasteiger partial charge < -0.3 is 9.72 Å². The molecule has 2 aromatic carbocycles.